The Morgan fingerprint density at radius 3 is 2.65 bits per heavy atom. The predicted octanol–water partition coefficient (Wildman–Crippen LogP) is 4.20. The standard InChI is InChI=1S/C16H14ClFO2/c1-10-3-2-4-12(7-10)13(16(19)20)8-11-5-6-15(18)14(17)9-11/h2-7,9,13H,8H2,1H3,(H,19,20). The maximum atomic E-state index is 13.1. The van der Waals surface area contributed by atoms with Crippen LogP contribution in [0.25, 0.3) is 0 Å². The zero-order chi connectivity index (χ0) is 14.7. The Kier molecular flexibility index (Phi) is 4.40. The molecule has 0 aliphatic carbocycles. The normalized spacial score (nSPS) is 12.2. The molecule has 0 heterocycles. The maximum absolute atomic E-state index is 13.1. The summed E-state index contributed by atoms with van der Waals surface area (Å²) >= 11 is 5.73. The third kappa shape index (κ3) is 3.36. The summed E-state index contributed by atoms with van der Waals surface area (Å²) in [6.07, 6.45) is 0.277. The Balaban J connectivity index is 2.30. The topological polar surface area (TPSA) is 37.3 Å². The lowest BCUT2D eigenvalue weighted by molar-refractivity contribution is -0.138. The zero-order valence-corrected chi connectivity index (χ0v) is 11.7. The Hall–Kier alpha value is -1.87. The van der Waals surface area contributed by atoms with Gasteiger partial charge in [0, 0.05) is 0 Å². The molecule has 0 aliphatic heterocycles. The van der Waals surface area contributed by atoms with Crippen molar-refractivity contribution in [3.8, 4) is 0 Å². The van der Waals surface area contributed by atoms with Gasteiger partial charge < -0.3 is 5.11 Å². The summed E-state index contributed by atoms with van der Waals surface area (Å²) < 4.78 is 13.1. The Morgan fingerprint density at radius 1 is 1.30 bits per heavy atom. The number of hydrogen-bond acceptors (Lipinski definition) is 1. The van der Waals surface area contributed by atoms with Crippen molar-refractivity contribution >= 4 is 17.6 Å². The number of carboxylic acids is 1. The molecule has 1 N–H and O–H groups in total. The Bertz CT molecular complexity index is 640. The van der Waals surface area contributed by atoms with E-state index in [4.69, 9.17) is 11.6 Å². The highest BCUT2D eigenvalue weighted by Gasteiger charge is 2.20. The minimum Gasteiger partial charge on any atom is -0.481 e. The van der Waals surface area contributed by atoms with Crippen LogP contribution in [0.2, 0.25) is 5.02 Å². The van der Waals surface area contributed by atoms with Crippen molar-refractivity contribution in [2.75, 3.05) is 0 Å². The Morgan fingerprint density at radius 2 is 2.05 bits per heavy atom. The van der Waals surface area contributed by atoms with Crippen molar-refractivity contribution in [2.45, 2.75) is 19.3 Å². The van der Waals surface area contributed by atoms with Crippen LogP contribution in [0.5, 0.6) is 0 Å². The Labute approximate surface area is 121 Å². The summed E-state index contributed by atoms with van der Waals surface area (Å²) in [5.74, 6) is -2.08. The van der Waals surface area contributed by atoms with Gasteiger partial charge in [0.2, 0.25) is 0 Å². The van der Waals surface area contributed by atoms with E-state index in [0.717, 1.165) is 11.1 Å². The average Bonchev–Trinajstić information content (AvgIpc) is 2.39. The molecule has 1 atom stereocenters. The number of benzene rings is 2. The number of aliphatic carboxylic acids is 1. The molecule has 104 valence electrons. The fourth-order valence-electron chi connectivity index (χ4n) is 2.14. The molecule has 0 saturated carbocycles. The second-order valence-corrected chi connectivity index (χ2v) is 5.16. The number of aryl methyl sites for hydroxylation is 1. The van der Waals surface area contributed by atoms with Crippen LogP contribution in [0.1, 0.15) is 22.6 Å². The molecule has 0 aliphatic rings. The summed E-state index contributed by atoms with van der Waals surface area (Å²) in [4.78, 5) is 11.5. The zero-order valence-electron chi connectivity index (χ0n) is 10.9. The number of rotatable bonds is 4. The minimum absolute atomic E-state index is 0.0101. The van der Waals surface area contributed by atoms with E-state index in [1.165, 1.54) is 12.1 Å². The lowest BCUT2D eigenvalue weighted by Crippen LogP contribution is -2.14. The van der Waals surface area contributed by atoms with E-state index in [1.54, 1.807) is 12.1 Å². The van der Waals surface area contributed by atoms with Crippen molar-refractivity contribution in [3.63, 3.8) is 0 Å². The smallest absolute Gasteiger partial charge is 0.311 e. The van der Waals surface area contributed by atoms with Crippen molar-refractivity contribution < 1.29 is 14.3 Å². The van der Waals surface area contributed by atoms with Gasteiger partial charge in [-0.3, -0.25) is 4.79 Å². The molecule has 4 heteroatoms. The predicted molar refractivity (Wildman–Crippen MR) is 76.7 cm³/mol. The molecule has 1 unspecified atom stereocenters. The van der Waals surface area contributed by atoms with Crippen LogP contribution in [0, 0.1) is 12.7 Å². The molecule has 0 spiro atoms. The summed E-state index contributed by atoms with van der Waals surface area (Å²) in [6.45, 7) is 1.91. The van der Waals surface area contributed by atoms with Crippen LogP contribution in [0.3, 0.4) is 0 Å². The number of hydrogen-bond donors (Lipinski definition) is 1. The van der Waals surface area contributed by atoms with Crippen molar-refractivity contribution in [1.82, 2.24) is 0 Å². The maximum Gasteiger partial charge on any atom is 0.311 e. The summed E-state index contributed by atoms with van der Waals surface area (Å²) in [6, 6.07) is 11.7. The van der Waals surface area contributed by atoms with Gasteiger partial charge in [-0.25, -0.2) is 4.39 Å². The van der Waals surface area contributed by atoms with Gasteiger partial charge in [-0.05, 0) is 36.6 Å². The molecule has 0 bridgehead atoms. The van der Waals surface area contributed by atoms with Crippen LogP contribution in [-0.2, 0) is 11.2 Å². The highest BCUT2D eigenvalue weighted by molar-refractivity contribution is 6.30. The van der Waals surface area contributed by atoms with Gasteiger partial charge in [0.25, 0.3) is 0 Å². The quantitative estimate of drug-likeness (QED) is 0.917. The van der Waals surface area contributed by atoms with Crippen LogP contribution in [0.4, 0.5) is 4.39 Å². The highest BCUT2D eigenvalue weighted by Crippen LogP contribution is 2.24. The van der Waals surface area contributed by atoms with Gasteiger partial charge in [0.05, 0.1) is 10.9 Å². The van der Waals surface area contributed by atoms with Crippen LogP contribution >= 0.6 is 11.6 Å². The first-order chi connectivity index (χ1) is 9.47. The molecule has 0 amide bonds. The molecule has 20 heavy (non-hydrogen) atoms. The second-order valence-electron chi connectivity index (χ2n) is 4.76. The van der Waals surface area contributed by atoms with Gasteiger partial charge in [-0.15, -0.1) is 0 Å². The van der Waals surface area contributed by atoms with E-state index in [2.05, 4.69) is 0 Å². The van der Waals surface area contributed by atoms with Crippen LogP contribution < -0.4 is 0 Å². The number of carbonyl (C=O) groups is 1. The molecule has 2 aromatic rings. The lowest BCUT2D eigenvalue weighted by Gasteiger charge is -2.14. The first-order valence-corrected chi connectivity index (χ1v) is 6.58. The SMILES string of the molecule is Cc1cccc(C(Cc2ccc(F)c(Cl)c2)C(=O)O)c1. The van der Waals surface area contributed by atoms with E-state index in [9.17, 15) is 14.3 Å². The second kappa shape index (κ2) is 6.06. The average molecular weight is 293 g/mol. The van der Waals surface area contributed by atoms with Gasteiger partial charge in [0.15, 0.2) is 0 Å². The summed E-state index contributed by atoms with van der Waals surface area (Å²) in [5.41, 5.74) is 2.44. The third-order valence-corrected chi connectivity index (χ3v) is 3.46. The van der Waals surface area contributed by atoms with Gasteiger partial charge in [-0.2, -0.15) is 0 Å². The molecular weight excluding hydrogens is 279 g/mol. The number of carboxylic acid groups (broad SMARTS) is 1. The summed E-state index contributed by atoms with van der Waals surface area (Å²) in [7, 11) is 0. The molecule has 0 radical (unpaired) electrons. The number of halogens is 2. The lowest BCUT2D eigenvalue weighted by atomic mass is 9.91. The molecule has 2 aromatic carbocycles. The molecule has 2 rings (SSSR count). The summed E-state index contributed by atoms with van der Waals surface area (Å²) in [5, 5.41) is 9.41. The van der Waals surface area contributed by atoms with Crippen molar-refractivity contribution in [3.05, 3.63) is 70.0 Å². The van der Waals surface area contributed by atoms with Crippen molar-refractivity contribution in [1.29, 1.82) is 0 Å². The van der Waals surface area contributed by atoms with Crippen LogP contribution in [0.15, 0.2) is 42.5 Å². The largest absolute Gasteiger partial charge is 0.481 e. The van der Waals surface area contributed by atoms with E-state index in [-0.39, 0.29) is 11.4 Å². The van der Waals surface area contributed by atoms with Crippen molar-refractivity contribution in [2.24, 2.45) is 0 Å². The van der Waals surface area contributed by atoms with Gasteiger partial charge in [0.1, 0.15) is 5.82 Å². The highest BCUT2D eigenvalue weighted by atomic mass is 35.5. The van der Waals surface area contributed by atoms with E-state index in [0.29, 0.717) is 5.56 Å². The van der Waals surface area contributed by atoms with Gasteiger partial charge in [-0.1, -0.05) is 47.5 Å². The third-order valence-electron chi connectivity index (χ3n) is 3.17. The monoisotopic (exact) mass is 292 g/mol. The van der Waals surface area contributed by atoms with E-state index >= 15 is 0 Å². The molecular formula is C16H14ClFO2. The van der Waals surface area contributed by atoms with E-state index < -0.39 is 17.7 Å². The molecule has 0 fully saturated rings. The first-order valence-electron chi connectivity index (χ1n) is 6.20. The van der Waals surface area contributed by atoms with Gasteiger partial charge >= 0.3 is 5.97 Å². The molecule has 2 nitrogen and oxygen atoms in total. The van der Waals surface area contributed by atoms with Crippen LogP contribution in [-0.4, -0.2) is 11.1 Å². The fraction of sp³-hybridized carbons (Fsp3) is 0.188. The first kappa shape index (κ1) is 14.5. The van der Waals surface area contributed by atoms with E-state index in [1.807, 2.05) is 25.1 Å². The molecule has 0 saturated heterocycles. The fourth-order valence-corrected chi connectivity index (χ4v) is 2.34. The molecule has 0 aromatic heterocycles. The minimum atomic E-state index is -0.906.